The van der Waals surface area contributed by atoms with Gasteiger partial charge in [-0.05, 0) is 11.1 Å². The van der Waals surface area contributed by atoms with E-state index in [1.54, 1.807) is 24.3 Å². The molecule has 0 radical (unpaired) electrons. The molecule has 1 aromatic carbocycles. The first-order chi connectivity index (χ1) is 9.88. The van der Waals surface area contributed by atoms with Crippen molar-refractivity contribution in [2.45, 2.75) is 19.3 Å². The normalized spacial score (nSPS) is 11.5. The first kappa shape index (κ1) is 15.5. The number of hydrogen-bond donors (Lipinski definition) is 2. The van der Waals surface area contributed by atoms with E-state index < -0.39 is 12.0 Å². The molecular weight excluding hydrogens is 307 g/mol. The SMILES string of the molecule is OCc1ccc(CNc2cc(Cl)nc(C(F)(F)F)n2)cc1. The summed E-state index contributed by atoms with van der Waals surface area (Å²) in [5.74, 6) is -1.29. The van der Waals surface area contributed by atoms with Crippen LogP contribution in [-0.4, -0.2) is 15.1 Å². The second-order valence-electron chi connectivity index (χ2n) is 4.23. The van der Waals surface area contributed by atoms with Gasteiger partial charge in [0.1, 0.15) is 11.0 Å². The minimum Gasteiger partial charge on any atom is -0.392 e. The Morgan fingerprint density at radius 3 is 2.29 bits per heavy atom. The van der Waals surface area contributed by atoms with Gasteiger partial charge in [-0.2, -0.15) is 13.2 Å². The highest BCUT2D eigenvalue weighted by atomic mass is 35.5. The molecule has 8 heteroatoms. The highest BCUT2D eigenvalue weighted by Crippen LogP contribution is 2.28. The number of aromatic nitrogens is 2. The minimum atomic E-state index is -4.65. The fourth-order valence-electron chi connectivity index (χ4n) is 1.59. The van der Waals surface area contributed by atoms with E-state index in [4.69, 9.17) is 16.7 Å². The van der Waals surface area contributed by atoms with Crippen molar-refractivity contribution in [3.05, 3.63) is 52.4 Å². The molecule has 0 atom stereocenters. The molecule has 0 bridgehead atoms. The Bertz CT molecular complexity index is 617. The lowest BCUT2D eigenvalue weighted by Gasteiger charge is -2.10. The smallest absolute Gasteiger partial charge is 0.392 e. The van der Waals surface area contributed by atoms with Crippen LogP contribution < -0.4 is 5.32 Å². The molecule has 0 saturated carbocycles. The number of anilines is 1. The van der Waals surface area contributed by atoms with Crippen LogP contribution in [0.4, 0.5) is 19.0 Å². The third kappa shape index (κ3) is 4.30. The van der Waals surface area contributed by atoms with Crippen LogP contribution in [0.3, 0.4) is 0 Å². The summed E-state index contributed by atoms with van der Waals surface area (Å²) in [6.45, 7) is 0.209. The molecule has 2 aromatic rings. The van der Waals surface area contributed by atoms with E-state index in [1.165, 1.54) is 6.07 Å². The van der Waals surface area contributed by atoms with Gasteiger partial charge in [0.15, 0.2) is 0 Å². The van der Waals surface area contributed by atoms with E-state index in [1.807, 2.05) is 0 Å². The number of benzene rings is 1. The van der Waals surface area contributed by atoms with Crippen molar-refractivity contribution in [2.24, 2.45) is 0 Å². The van der Waals surface area contributed by atoms with Crippen LogP contribution in [0, 0.1) is 0 Å². The summed E-state index contributed by atoms with van der Waals surface area (Å²) in [5.41, 5.74) is 1.58. The first-order valence-electron chi connectivity index (χ1n) is 5.93. The molecule has 1 aromatic heterocycles. The van der Waals surface area contributed by atoms with Gasteiger partial charge in [-0.15, -0.1) is 0 Å². The average molecular weight is 318 g/mol. The van der Waals surface area contributed by atoms with Crippen molar-refractivity contribution in [3.8, 4) is 0 Å². The number of nitrogens with zero attached hydrogens (tertiary/aromatic N) is 2. The average Bonchev–Trinajstić information content (AvgIpc) is 2.44. The van der Waals surface area contributed by atoms with E-state index in [9.17, 15) is 13.2 Å². The van der Waals surface area contributed by atoms with Gasteiger partial charge in [0, 0.05) is 12.6 Å². The van der Waals surface area contributed by atoms with Gasteiger partial charge in [0.2, 0.25) is 5.82 Å². The van der Waals surface area contributed by atoms with Gasteiger partial charge in [-0.3, -0.25) is 0 Å². The van der Waals surface area contributed by atoms with Gasteiger partial charge in [0.05, 0.1) is 6.61 Å². The summed E-state index contributed by atoms with van der Waals surface area (Å²) in [4.78, 5) is 6.53. The third-order valence-corrected chi connectivity index (χ3v) is 2.82. The standard InChI is InChI=1S/C13H11ClF3N3O/c14-10-5-11(20-12(19-10)13(15,16)17)18-6-8-1-3-9(7-21)4-2-8/h1-5,21H,6-7H2,(H,18,19,20). The van der Waals surface area contributed by atoms with Gasteiger partial charge >= 0.3 is 6.18 Å². The van der Waals surface area contributed by atoms with E-state index in [0.29, 0.717) is 0 Å². The van der Waals surface area contributed by atoms with Crippen LogP contribution in [0.25, 0.3) is 0 Å². The summed E-state index contributed by atoms with van der Waals surface area (Å²) in [5, 5.41) is 11.4. The molecule has 0 aliphatic carbocycles. The molecule has 0 fully saturated rings. The number of alkyl halides is 3. The van der Waals surface area contributed by atoms with Crippen molar-refractivity contribution >= 4 is 17.4 Å². The van der Waals surface area contributed by atoms with Crippen LogP contribution >= 0.6 is 11.6 Å². The van der Waals surface area contributed by atoms with E-state index in [0.717, 1.165) is 11.1 Å². The summed E-state index contributed by atoms with van der Waals surface area (Å²) in [6, 6.07) is 8.19. The monoisotopic (exact) mass is 317 g/mol. The van der Waals surface area contributed by atoms with Crippen LogP contribution in [0.2, 0.25) is 5.15 Å². The quantitative estimate of drug-likeness (QED) is 0.850. The fraction of sp³-hybridized carbons (Fsp3) is 0.231. The van der Waals surface area contributed by atoms with Crippen LogP contribution in [0.1, 0.15) is 17.0 Å². The highest BCUT2D eigenvalue weighted by molar-refractivity contribution is 6.29. The topological polar surface area (TPSA) is 58.0 Å². The van der Waals surface area contributed by atoms with Gasteiger partial charge < -0.3 is 10.4 Å². The summed E-state index contributed by atoms with van der Waals surface area (Å²) in [6.07, 6.45) is -4.65. The fourth-order valence-corrected chi connectivity index (χ4v) is 1.77. The Balaban J connectivity index is 2.10. The van der Waals surface area contributed by atoms with E-state index in [2.05, 4.69) is 15.3 Å². The van der Waals surface area contributed by atoms with Gasteiger partial charge in [-0.1, -0.05) is 35.9 Å². The maximum atomic E-state index is 12.6. The molecule has 21 heavy (non-hydrogen) atoms. The highest BCUT2D eigenvalue weighted by Gasteiger charge is 2.35. The second-order valence-corrected chi connectivity index (χ2v) is 4.61. The van der Waals surface area contributed by atoms with Crippen LogP contribution in [0.5, 0.6) is 0 Å². The number of rotatable bonds is 4. The number of aliphatic hydroxyl groups excluding tert-OH is 1. The molecule has 0 aliphatic heterocycles. The Kier molecular flexibility index (Phi) is 4.64. The number of hydrogen-bond acceptors (Lipinski definition) is 4. The summed E-state index contributed by atoms with van der Waals surface area (Å²) >= 11 is 5.56. The minimum absolute atomic E-state index is 0.00596. The molecule has 112 valence electrons. The molecular formula is C13H11ClF3N3O. The van der Waals surface area contributed by atoms with E-state index >= 15 is 0 Å². The zero-order valence-electron chi connectivity index (χ0n) is 10.7. The predicted octanol–water partition coefficient (Wildman–Crippen LogP) is 3.25. The Labute approximate surface area is 123 Å². The van der Waals surface area contributed by atoms with Crippen molar-refractivity contribution in [3.63, 3.8) is 0 Å². The second kappa shape index (κ2) is 6.28. The predicted molar refractivity (Wildman–Crippen MR) is 71.7 cm³/mol. The Hall–Kier alpha value is -1.86. The lowest BCUT2D eigenvalue weighted by molar-refractivity contribution is -0.144. The maximum absolute atomic E-state index is 12.6. The lowest BCUT2D eigenvalue weighted by atomic mass is 10.1. The maximum Gasteiger partial charge on any atom is 0.451 e. The molecule has 4 nitrogen and oxygen atoms in total. The molecule has 0 aliphatic rings. The third-order valence-electron chi connectivity index (χ3n) is 2.63. The Morgan fingerprint density at radius 2 is 1.71 bits per heavy atom. The number of halogens is 4. The van der Waals surface area contributed by atoms with Crippen molar-refractivity contribution in [1.82, 2.24) is 9.97 Å². The van der Waals surface area contributed by atoms with Crippen molar-refractivity contribution in [1.29, 1.82) is 0 Å². The first-order valence-corrected chi connectivity index (χ1v) is 6.30. The molecule has 0 amide bonds. The molecule has 0 spiro atoms. The molecule has 1 heterocycles. The zero-order chi connectivity index (χ0) is 15.5. The van der Waals surface area contributed by atoms with Gasteiger partial charge in [0.25, 0.3) is 0 Å². The van der Waals surface area contributed by atoms with Crippen molar-refractivity contribution in [2.75, 3.05) is 5.32 Å². The lowest BCUT2D eigenvalue weighted by Crippen LogP contribution is -2.13. The number of aliphatic hydroxyl groups is 1. The molecule has 0 saturated heterocycles. The molecule has 2 N–H and O–H groups in total. The summed E-state index contributed by atoms with van der Waals surface area (Å²) in [7, 11) is 0. The summed E-state index contributed by atoms with van der Waals surface area (Å²) < 4.78 is 37.7. The number of nitrogens with one attached hydrogen (secondary N) is 1. The van der Waals surface area contributed by atoms with Gasteiger partial charge in [-0.25, -0.2) is 9.97 Å². The van der Waals surface area contributed by atoms with Crippen LogP contribution in [-0.2, 0) is 19.3 Å². The van der Waals surface area contributed by atoms with Crippen LogP contribution in [0.15, 0.2) is 30.3 Å². The largest absolute Gasteiger partial charge is 0.451 e. The Morgan fingerprint density at radius 1 is 1.10 bits per heavy atom. The molecule has 0 unspecified atom stereocenters. The zero-order valence-corrected chi connectivity index (χ0v) is 11.4. The molecule has 2 rings (SSSR count). The van der Waals surface area contributed by atoms with Crippen molar-refractivity contribution < 1.29 is 18.3 Å². The van der Waals surface area contributed by atoms with E-state index in [-0.39, 0.29) is 24.1 Å².